The number of fused-ring (bicyclic) bond motifs is 1. The van der Waals surface area contributed by atoms with Crippen molar-refractivity contribution in [3.8, 4) is 5.75 Å². The summed E-state index contributed by atoms with van der Waals surface area (Å²) in [7, 11) is 0. The molecule has 2 amide bonds. The first-order chi connectivity index (χ1) is 16.0. The molecule has 3 heterocycles. The Balaban J connectivity index is 1.52. The number of hydrogen-bond donors (Lipinski definition) is 0. The predicted molar refractivity (Wildman–Crippen MR) is 134 cm³/mol. The molecule has 3 aromatic rings. The highest BCUT2D eigenvalue weighted by atomic mass is 32.1. The van der Waals surface area contributed by atoms with Crippen LogP contribution in [-0.4, -0.2) is 47.9 Å². The van der Waals surface area contributed by atoms with E-state index in [1.54, 1.807) is 16.2 Å². The van der Waals surface area contributed by atoms with Gasteiger partial charge in [0.1, 0.15) is 18.9 Å². The number of amides is 2. The highest BCUT2D eigenvalue weighted by Crippen LogP contribution is 2.34. The van der Waals surface area contributed by atoms with Crippen molar-refractivity contribution < 1.29 is 14.3 Å². The van der Waals surface area contributed by atoms with E-state index in [-0.39, 0.29) is 24.4 Å². The fraction of sp³-hybridized carbons (Fsp3) is 0.385. The molecule has 0 saturated heterocycles. The maximum atomic E-state index is 13.5. The lowest BCUT2D eigenvalue weighted by molar-refractivity contribution is -0.135. The van der Waals surface area contributed by atoms with Crippen molar-refractivity contribution in [3.05, 3.63) is 73.6 Å². The summed E-state index contributed by atoms with van der Waals surface area (Å²) in [5.41, 5.74) is 3.45. The second-order valence-electron chi connectivity index (χ2n) is 8.44. The Labute approximate surface area is 203 Å². The first-order valence-electron chi connectivity index (χ1n) is 11.4. The van der Waals surface area contributed by atoms with Crippen LogP contribution >= 0.6 is 22.7 Å². The van der Waals surface area contributed by atoms with Gasteiger partial charge in [0.2, 0.25) is 5.91 Å². The number of ether oxygens (including phenoxy) is 1. The van der Waals surface area contributed by atoms with Gasteiger partial charge in [0.25, 0.3) is 5.91 Å². The standard InChI is InChI=1S/C26H30N2O3S2/c1-4-11-27(26(30)24-6-5-13-32-24)16-25(29)28-12-9-23-20(10-14-33-23)21(28)17-31-22-8-7-18(2)15-19(22)3/h5-8,10,13-15,21H,4,9,11-12,16-17H2,1-3H3. The zero-order valence-corrected chi connectivity index (χ0v) is 21.0. The first kappa shape index (κ1) is 23.5. The van der Waals surface area contributed by atoms with Gasteiger partial charge >= 0.3 is 0 Å². The Hall–Kier alpha value is -2.64. The summed E-state index contributed by atoms with van der Waals surface area (Å²) in [6, 6.07) is 11.8. The van der Waals surface area contributed by atoms with Crippen molar-refractivity contribution in [2.45, 2.75) is 39.7 Å². The Kier molecular flexibility index (Phi) is 7.50. The summed E-state index contributed by atoms with van der Waals surface area (Å²) in [4.78, 5) is 32.0. The number of aryl methyl sites for hydroxylation is 2. The van der Waals surface area contributed by atoms with Gasteiger partial charge in [-0.2, -0.15) is 0 Å². The second-order valence-corrected chi connectivity index (χ2v) is 10.4. The van der Waals surface area contributed by atoms with Gasteiger partial charge in [0, 0.05) is 18.0 Å². The molecule has 0 saturated carbocycles. The average molecular weight is 483 g/mol. The number of carbonyl (C=O) groups is 2. The molecule has 7 heteroatoms. The molecular formula is C26H30N2O3S2. The minimum atomic E-state index is -0.159. The van der Waals surface area contributed by atoms with E-state index in [1.807, 2.05) is 48.4 Å². The van der Waals surface area contributed by atoms with Gasteiger partial charge in [0.05, 0.1) is 10.9 Å². The fourth-order valence-electron chi connectivity index (χ4n) is 4.34. The zero-order valence-electron chi connectivity index (χ0n) is 19.4. The van der Waals surface area contributed by atoms with Crippen molar-refractivity contribution in [1.29, 1.82) is 0 Å². The molecule has 1 aromatic carbocycles. The van der Waals surface area contributed by atoms with Gasteiger partial charge in [0.15, 0.2) is 0 Å². The van der Waals surface area contributed by atoms with Crippen molar-refractivity contribution in [2.75, 3.05) is 26.2 Å². The van der Waals surface area contributed by atoms with E-state index < -0.39 is 0 Å². The van der Waals surface area contributed by atoms with Crippen LogP contribution in [0.3, 0.4) is 0 Å². The van der Waals surface area contributed by atoms with Crippen LogP contribution in [0.2, 0.25) is 0 Å². The van der Waals surface area contributed by atoms with Crippen LogP contribution in [0.4, 0.5) is 0 Å². The largest absolute Gasteiger partial charge is 0.491 e. The number of thiophene rings is 2. The van der Waals surface area contributed by atoms with Gasteiger partial charge in [-0.05, 0) is 66.8 Å². The number of nitrogens with zero attached hydrogens (tertiary/aromatic N) is 2. The quantitative estimate of drug-likeness (QED) is 0.427. The molecule has 1 atom stereocenters. The summed E-state index contributed by atoms with van der Waals surface area (Å²) < 4.78 is 6.23. The van der Waals surface area contributed by atoms with Crippen LogP contribution in [-0.2, 0) is 11.2 Å². The second kappa shape index (κ2) is 10.5. The molecule has 1 aliphatic heterocycles. The summed E-state index contributed by atoms with van der Waals surface area (Å²) >= 11 is 3.15. The van der Waals surface area contributed by atoms with Gasteiger partial charge < -0.3 is 14.5 Å². The molecule has 33 heavy (non-hydrogen) atoms. The SMILES string of the molecule is CCCN(CC(=O)N1CCc2sccc2C1COc1ccc(C)cc1C)C(=O)c1cccs1. The summed E-state index contributed by atoms with van der Waals surface area (Å²) in [5.74, 6) is 0.742. The Bertz CT molecular complexity index is 1110. The molecule has 0 bridgehead atoms. The van der Waals surface area contributed by atoms with Gasteiger partial charge in [-0.3, -0.25) is 9.59 Å². The zero-order chi connectivity index (χ0) is 23.4. The van der Waals surface area contributed by atoms with Crippen LogP contribution < -0.4 is 4.74 Å². The molecule has 0 fully saturated rings. The van der Waals surface area contributed by atoms with E-state index in [0.717, 1.165) is 29.7 Å². The van der Waals surface area contributed by atoms with Crippen molar-refractivity contribution in [2.24, 2.45) is 0 Å². The van der Waals surface area contributed by atoms with Crippen molar-refractivity contribution >= 4 is 34.5 Å². The molecule has 5 nitrogen and oxygen atoms in total. The van der Waals surface area contributed by atoms with Crippen molar-refractivity contribution in [3.63, 3.8) is 0 Å². The molecule has 0 spiro atoms. The molecule has 1 unspecified atom stereocenters. The van der Waals surface area contributed by atoms with Crippen molar-refractivity contribution in [1.82, 2.24) is 9.80 Å². The minimum Gasteiger partial charge on any atom is -0.491 e. The van der Waals surface area contributed by atoms with Gasteiger partial charge in [-0.1, -0.05) is 30.7 Å². The highest BCUT2D eigenvalue weighted by Gasteiger charge is 2.33. The lowest BCUT2D eigenvalue weighted by Crippen LogP contribution is -2.48. The minimum absolute atomic E-state index is 0.0283. The molecule has 174 valence electrons. The van der Waals surface area contributed by atoms with Crippen LogP contribution in [0, 0.1) is 13.8 Å². The van der Waals surface area contributed by atoms with Gasteiger partial charge in [-0.15, -0.1) is 22.7 Å². The fourth-order valence-corrected chi connectivity index (χ4v) is 5.96. The molecule has 1 aliphatic rings. The molecule has 2 aromatic heterocycles. The van der Waals surface area contributed by atoms with E-state index >= 15 is 0 Å². The maximum Gasteiger partial charge on any atom is 0.264 e. The topological polar surface area (TPSA) is 49.9 Å². The molecule has 0 radical (unpaired) electrons. The molecule has 0 aliphatic carbocycles. The lowest BCUT2D eigenvalue weighted by atomic mass is 10.00. The third kappa shape index (κ3) is 5.31. The smallest absolute Gasteiger partial charge is 0.264 e. The normalized spacial score (nSPS) is 15.2. The predicted octanol–water partition coefficient (Wildman–Crippen LogP) is 5.48. The van der Waals surface area contributed by atoms with E-state index in [1.165, 1.54) is 21.8 Å². The molecular weight excluding hydrogens is 452 g/mol. The Morgan fingerprint density at radius 1 is 1.15 bits per heavy atom. The van der Waals surface area contributed by atoms with Crippen LogP contribution in [0.5, 0.6) is 5.75 Å². The third-order valence-electron chi connectivity index (χ3n) is 5.98. The Morgan fingerprint density at radius 2 is 2.00 bits per heavy atom. The Morgan fingerprint density at radius 3 is 2.73 bits per heavy atom. The number of hydrogen-bond acceptors (Lipinski definition) is 5. The summed E-state index contributed by atoms with van der Waals surface area (Å²) in [6.07, 6.45) is 1.64. The van der Waals surface area contributed by atoms with Crippen LogP contribution in [0.1, 0.15) is 50.6 Å². The molecule has 4 rings (SSSR count). The van der Waals surface area contributed by atoms with E-state index in [0.29, 0.717) is 24.6 Å². The number of rotatable bonds is 8. The molecule has 0 N–H and O–H groups in total. The van der Waals surface area contributed by atoms with E-state index in [4.69, 9.17) is 4.74 Å². The lowest BCUT2D eigenvalue weighted by Gasteiger charge is -2.37. The van der Waals surface area contributed by atoms with E-state index in [9.17, 15) is 9.59 Å². The third-order valence-corrected chi connectivity index (χ3v) is 7.84. The monoisotopic (exact) mass is 482 g/mol. The van der Waals surface area contributed by atoms with Crippen LogP contribution in [0.25, 0.3) is 0 Å². The summed E-state index contributed by atoms with van der Waals surface area (Å²) in [5, 5.41) is 3.98. The average Bonchev–Trinajstić information content (AvgIpc) is 3.49. The van der Waals surface area contributed by atoms with E-state index in [2.05, 4.69) is 24.4 Å². The maximum absolute atomic E-state index is 13.5. The number of carbonyl (C=O) groups excluding carboxylic acids is 2. The summed E-state index contributed by atoms with van der Waals surface area (Å²) in [6.45, 7) is 7.81. The first-order valence-corrected chi connectivity index (χ1v) is 13.1. The number of benzene rings is 1. The highest BCUT2D eigenvalue weighted by molar-refractivity contribution is 7.12. The van der Waals surface area contributed by atoms with Crippen LogP contribution in [0.15, 0.2) is 47.2 Å². The van der Waals surface area contributed by atoms with Gasteiger partial charge in [-0.25, -0.2) is 0 Å².